The number of fused-ring (bicyclic) bond motifs is 2. The second kappa shape index (κ2) is 8.33. The molecule has 2 aliphatic rings. The van der Waals surface area contributed by atoms with Crippen LogP contribution in [0.2, 0.25) is 0 Å². The smallest absolute Gasteiger partial charge is 0.274 e. The van der Waals surface area contributed by atoms with Crippen molar-refractivity contribution in [3.63, 3.8) is 0 Å². The molecule has 8 nitrogen and oxygen atoms in total. The van der Waals surface area contributed by atoms with Crippen LogP contribution in [0, 0.1) is 13.8 Å². The highest BCUT2D eigenvalue weighted by Gasteiger charge is 2.25. The van der Waals surface area contributed by atoms with Gasteiger partial charge in [-0.25, -0.2) is 4.98 Å². The van der Waals surface area contributed by atoms with Crippen LogP contribution < -0.4 is 24.7 Å². The zero-order valence-corrected chi connectivity index (χ0v) is 18.3. The van der Waals surface area contributed by atoms with E-state index in [2.05, 4.69) is 10.1 Å². The van der Waals surface area contributed by atoms with E-state index in [1.807, 2.05) is 25.7 Å². The predicted octanol–water partition coefficient (Wildman–Crippen LogP) is 3.09. The first-order valence-corrected chi connectivity index (χ1v) is 10.7. The molecule has 5 rings (SSSR count). The molecule has 4 heterocycles. The number of hydrogen-bond donors (Lipinski definition) is 0. The van der Waals surface area contributed by atoms with Gasteiger partial charge in [-0.15, -0.1) is 5.10 Å². The number of benzene rings is 1. The van der Waals surface area contributed by atoms with Crippen LogP contribution in [0.3, 0.4) is 0 Å². The fourth-order valence-corrected chi connectivity index (χ4v) is 3.95. The highest BCUT2D eigenvalue weighted by Crippen LogP contribution is 2.35. The topological polar surface area (TPSA) is 78.2 Å². The van der Waals surface area contributed by atoms with E-state index in [0.717, 1.165) is 16.8 Å². The Bertz CT molecular complexity index is 1440. The Kier molecular flexibility index (Phi) is 4.04. The Labute approximate surface area is 193 Å². The second-order valence-corrected chi connectivity index (χ2v) is 7.89. The molecule has 2 aromatic heterocycles. The minimum atomic E-state index is -2.68. The number of piperidine rings is 1. The summed E-state index contributed by atoms with van der Waals surface area (Å²) in [5.41, 5.74) is 2.87. The number of anilines is 1. The summed E-state index contributed by atoms with van der Waals surface area (Å²) in [6, 6.07) is 5.90. The van der Waals surface area contributed by atoms with Gasteiger partial charge in [0.1, 0.15) is 24.9 Å². The fourth-order valence-electron chi connectivity index (χ4n) is 3.95. The lowest BCUT2D eigenvalue weighted by atomic mass is 10.1. The zero-order valence-electron chi connectivity index (χ0n) is 23.3. The van der Waals surface area contributed by atoms with Crippen molar-refractivity contribution in [2.45, 2.75) is 46.1 Å². The van der Waals surface area contributed by atoms with Crippen LogP contribution in [0.15, 0.2) is 29.1 Å². The Morgan fingerprint density at radius 2 is 1.91 bits per heavy atom. The quantitative estimate of drug-likeness (QED) is 0.616. The molecule has 0 atom stereocenters. The molecule has 0 aliphatic carbocycles. The lowest BCUT2D eigenvalue weighted by Crippen LogP contribution is -2.39. The maximum absolute atomic E-state index is 12.7. The standard InChI is InChI=1S/C24H28N4O4/c1-4-17-13-22(29)28-23(25-17)15(2)16(3)24(26-28)27-9-7-18(8-10-27)32-19-5-6-20-21(14-19)31-12-11-30-20/h5-6,13-14,18H,4,7-12H2,1-3H3/i11D2,12D2,18D. The van der Waals surface area contributed by atoms with Crippen molar-refractivity contribution in [1.82, 2.24) is 14.6 Å². The van der Waals surface area contributed by atoms with E-state index in [-0.39, 0.29) is 17.1 Å². The van der Waals surface area contributed by atoms with Crippen LogP contribution in [-0.2, 0) is 6.42 Å². The molecule has 0 bridgehead atoms. The van der Waals surface area contributed by atoms with Gasteiger partial charge in [0.15, 0.2) is 23.0 Å². The lowest BCUT2D eigenvalue weighted by Gasteiger charge is -2.34. The molecule has 3 aromatic rings. The maximum Gasteiger partial charge on any atom is 0.274 e. The summed E-state index contributed by atoms with van der Waals surface area (Å²) in [6.45, 7) is 1.47. The molecule has 0 unspecified atom stereocenters. The van der Waals surface area contributed by atoms with Crippen LogP contribution in [0.4, 0.5) is 5.82 Å². The van der Waals surface area contributed by atoms with E-state index >= 15 is 0 Å². The van der Waals surface area contributed by atoms with E-state index in [9.17, 15) is 4.79 Å². The van der Waals surface area contributed by atoms with Crippen molar-refractivity contribution in [3.8, 4) is 17.2 Å². The molecule has 0 amide bonds. The Balaban J connectivity index is 1.34. The minimum Gasteiger partial charge on any atom is -0.490 e. The van der Waals surface area contributed by atoms with Gasteiger partial charge < -0.3 is 19.1 Å². The van der Waals surface area contributed by atoms with Crippen molar-refractivity contribution >= 4 is 11.5 Å². The number of hydrogen-bond acceptors (Lipinski definition) is 7. The molecular weight excluding hydrogens is 408 g/mol. The molecule has 0 saturated carbocycles. The average molecular weight is 442 g/mol. The molecule has 8 heteroatoms. The summed E-state index contributed by atoms with van der Waals surface area (Å²) in [5, 5.41) is 4.61. The molecule has 0 N–H and O–H groups in total. The second-order valence-electron chi connectivity index (χ2n) is 7.89. The van der Waals surface area contributed by atoms with Gasteiger partial charge in [0.25, 0.3) is 5.56 Å². The highest BCUT2D eigenvalue weighted by molar-refractivity contribution is 5.59. The van der Waals surface area contributed by atoms with E-state index in [0.29, 0.717) is 49.6 Å². The summed E-state index contributed by atoms with van der Waals surface area (Å²) >= 11 is 0. The maximum atomic E-state index is 12.7. The van der Waals surface area contributed by atoms with Gasteiger partial charge in [-0.1, -0.05) is 6.92 Å². The number of rotatable bonds is 4. The van der Waals surface area contributed by atoms with Gasteiger partial charge in [-0.3, -0.25) is 4.79 Å². The Morgan fingerprint density at radius 1 is 1.16 bits per heavy atom. The monoisotopic (exact) mass is 441 g/mol. The Morgan fingerprint density at radius 3 is 2.66 bits per heavy atom. The number of ether oxygens (including phenoxy) is 3. The van der Waals surface area contributed by atoms with E-state index in [1.54, 1.807) is 6.07 Å². The van der Waals surface area contributed by atoms with Crippen molar-refractivity contribution in [2.24, 2.45) is 0 Å². The molecule has 1 fully saturated rings. The van der Waals surface area contributed by atoms with Crippen molar-refractivity contribution in [2.75, 3.05) is 31.1 Å². The molecule has 2 aliphatic heterocycles. The normalized spacial score (nSPS) is 22.8. The lowest BCUT2D eigenvalue weighted by molar-refractivity contribution is 0.159. The molecule has 1 saturated heterocycles. The van der Waals surface area contributed by atoms with Crippen molar-refractivity contribution < 1.29 is 21.1 Å². The van der Waals surface area contributed by atoms with Crippen molar-refractivity contribution in [3.05, 3.63) is 51.4 Å². The van der Waals surface area contributed by atoms with Crippen LogP contribution >= 0.6 is 0 Å². The number of nitrogens with zero attached hydrogens (tertiary/aromatic N) is 4. The van der Waals surface area contributed by atoms with Crippen LogP contribution in [0.25, 0.3) is 5.65 Å². The van der Waals surface area contributed by atoms with Gasteiger partial charge in [0.2, 0.25) is 0 Å². The number of aromatic nitrogens is 3. The van der Waals surface area contributed by atoms with Gasteiger partial charge in [0.05, 0.1) is 6.85 Å². The van der Waals surface area contributed by atoms with E-state index in [1.165, 1.54) is 22.7 Å². The molecule has 32 heavy (non-hydrogen) atoms. The van der Waals surface area contributed by atoms with Crippen LogP contribution in [-0.4, -0.2) is 46.9 Å². The molecule has 0 radical (unpaired) electrons. The van der Waals surface area contributed by atoms with Gasteiger partial charge in [-0.2, -0.15) is 4.52 Å². The first-order valence-electron chi connectivity index (χ1n) is 13.2. The van der Waals surface area contributed by atoms with E-state index in [4.69, 9.17) is 21.1 Å². The summed E-state index contributed by atoms with van der Waals surface area (Å²) < 4.78 is 57.4. The molecule has 0 spiro atoms. The SMILES string of the molecule is [2H]C1(Oc2ccc3c(c2)OC([2H])([2H])C([2H])([2H])O3)CCN(c2nn3c(=O)cc(CC)nc3c(C)c2C)CC1. The molecule has 1 aromatic carbocycles. The summed E-state index contributed by atoms with van der Waals surface area (Å²) in [5.74, 6) is 1.04. The van der Waals surface area contributed by atoms with Crippen LogP contribution in [0.5, 0.6) is 17.2 Å². The van der Waals surface area contributed by atoms with Gasteiger partial charge in [-0.05, 0) is 32.4 Å². The van der Waals surface area contributed by atoms with Crippen LogP contribution in [0.1, 0.15) is 43.4 Å². The highest BCUT2D eigenvalue weighted by atomic mass is 16.6. The summed E-state index contributed by atoms with van der Waals surface area (Å²) in [7, 11) is 0. The third-order valence-electron chi connectivity index (χ3n) is 5.90. The Hall–Kier alpha value is -3.29. The van der Waals surface area contributed by atoms with E-state index < -0.39 is 19.2 Å². The van der Waals surface area contributed by atoms with Gasteiger partial charge >= 0.3 is 0 Å². The minimum absolute atomic E-state index is 0.00964. The first-order chi connectivity index (χ1) is 17.3. The third kappa shape index (κ3) is 3.74. The third-order valence-corrected chi connectivity index (χ3v) is 5.90. The molecule has 168 valence electrons. The largest absolute Gasteiger partial charge is 0.490 e. The summed E-state index contributed by atoms with van der Waals surface area (Å²) in [6.07, 6.45) is 0.118. The van der Waals surface area contributed by atoms with Crippen molar-refractivity contribution in [1.29, 1.82) is 0 Å². The number of aryl methyl sites for hydroxylation is 2. The summed E-state index contributed by atoms with van der Waals surface area (Å²) in [4.78, 5) is 19.3. The fraction of sp³-hybridized carbons (Fsp3) is 0.458. The first kappa shape index (κ1) is 15.5. The van der Waals surface area contributed by atoms with Gasteiger partial charge in [0, 0.05) is 54.9 Å². The average Bonchev–Trinajstić information content (AvgIpc) is 2.82. The zero-order chi connectivity index (χ0) is 26.8. The molecular formula is C24H28N4O4. The predicted molar refractivity (Wildman–Crippen MR) is 121 cm³/mol.